The maximum atomic E-state index is 11.2. The fourth-order valence-electron chi connectivity index (χ4n) is 1.50. The number of ether oxygens (including phenoxy) is 1. The van der Waals surface area contributed by atoms with Crippen LogP contribution >= 0.6 is 11.3 Å². The summed E-state index contributed by atoms with van der Waals surface area (Å²) in [5.41, 5.74) is 0.683. The van der Waals surface area contributed by atoms with Crippen LogP contribution in [0.4, 0.5) is 0 Å². The summed E-state index contributed by atoms with van der Waals surface area (Å²) in [5.74, 6) is -0.516. The van der Waals surface area contributed by atoms with E-state index in [0.717, 1.165) is 5.01 Å². The summed E-state index contributed by atoms with van der Waals surface area (Å²) in [5, 5.41) is 20.5. The quantitative estimate of drug-likeness (QED) is 0.774. The number of aliphatic hydroxyl groups is 2. The van der Waals surface area contributed by atoms with Gasteiger partial charge < -0.3 is 14.9 Å². The first kappa shape index (κ1) is 14.1. The number of esters is 1. The number of hydrogen-bond acceptors (Lipinski definition) is 6. The molecule has 1 aromatic rings. The Hall–Kier alpha value is -0.980. The smallest absolute Gasteiger partial charge is 0.308 e. The zero-order chi connectivity index (χ0) is 13.0. The van der Waals surface area contributed by atoms with Gasteiger partial charge in [0.2, 0.25) is 0 Å². The maximum absolute atomic E-state index is 11.2. The van der Waals surface area contributed by atoms with E-state index in [2.05, 4.69) is 4.98 Å². The van der Waals surface area contributed by atoms with E-state index < -0.39 is 18.2 Å². The third-order valence-corrected chi connectivity index (χ3v) is 3.40. The zero-order valence-electron chi connectivity index (χ0n) is 10.1. The first-order valence-electron chi connectivity index (χ1n) is 5.41. The lowest BCUT2D eigenvalue weighted by Gasteiger charge is -2.16. The van der Waals surface area contributed by atoms with Crippen molar-refractivity contribution in [2.24, 2.45) is 0 Å². The van der Waals surface area contributed by atoms with Crippen molar-refractivity contribution >= 4 is 17.3 Å². The van der Waals surface area contributed by atoms with Gasteiger partial charge in [-0.3, -0.25) is 4.79 Å². The predicted molar refractivity (Wildman–Crippen MR) is 63.8 cm³/mol. The van der Waals surface area contributed by atoms with Crippen LogP contribution in [0.1, 0.15) is 35.0 Å². The van der Waals surface area contributed by atoms with Crippen LogP contribution in [0, 0.1) is 13.8 Å². The van der Waals surface area contributed by atoms with Crippen LogP contribution in [0.5, 0.6) is 0 Å². The van der Waals surface area contributed by atoms with Gasteiger partial charge in [0.25, 0.3) is 0 Å². The van der Waals surface area contributed by atoms with Crippen LogP contribution in [0.2, 0.25) is 0 Å². The normalized spacial score (nSPS) is 14.4. The fraction of sp³-hybridized carbons (Fsp3) is 0.636. The van der Waals surface area contributed by atoms with Crippen molar-refractivity contribution in [1.82, 2.24) is 4.98 Å². The summed E-state index contributed by atoms with van der Waals surface area (Å²) >= 11 is 1.32. The molecule has 1 heterocycles. The Morgan fingerprint density at radius 3 is 2.59 bits per heavy atom. The number of hydrogen-bond donors (Lipinski definition) is 2. The molecule has 6 heteroatoms. The number of carbonyl (C=O) groups is 1. The lowest BCUT2D eigenvalue weighted by atomic mass is 10.1. The number of rotatable bonds is 5. The van der Waals surface area contributed by atoms with Gasteiger partial charge in [-0.05, 0) is 20.8 Å². The average molecular weight is 259 g/mol. The highest BCUT2D eigenvalue weighted by atomic mass is 32.1. The van der Waals surface area contributed by atoms with Crippen molar-refractivity contribution in [2.75, 3.05) is 6.61 Å². The largest absolute Gasteiger partial charge is 0.466 e. The first-order chi connectivity index (χ1) is 7.95. The SMILES string of the molecule is CCOC(=O)CC(O)C(O)c1sc(C)nc1C. The highest BCUT2D eigenvalue weighted by Gasteiger charge is 2.25. The molecule has 1 aromatic heterocycles. The lowest BCUT2D eigenvalue weighted by molar-refractivity contribution is -0.147. The minimum atomic E-state index is -1.16. The zero-order valence-corrected chi connectivity index (χ0v) is 11.0. The Kier molecular flexibility index (Phi) is 5.04. The summed E-state index contributed by atoms with van der Waals surface area (Å²) in [4.78, 5) is 15.9. The Labute approximate surface area is 104 Å². The Morgan fingerprint density at radius 2 is 2.12 bits per heavy atom. The molecule has 1 rings (SSSR count). The highest BCUT2D eigenvalue weighted by molar-refractivity contribution is 7.11. The number of aromatic nitrogens is 1. The Bertz CT molecular complexity index is 391. The topological polar surface area (TPSA) is 79.7 Å². The molecule has 96 valence electrons. The Balaban J connectivity index is 2.66. The van der Waals surface area contributed by atoms with Gasteiger partial charge in [-0.15, -0.1) is 11.3 Å². The second-order valence-corrected chi connectivity index (χ2v) is 4.94. The minimum absolute atomic E-state index is 0.217. The van der Waals surface area contributed by atoms with Crippen molar-refractivity contribution in [2.45, 2.75) is 39.4 Å². The summed E-state index contributed by atoms with van der Waals surface area (Å²) in [6, 6.07) is 0. The molecule has 2 N–H and O–H groups in total. The van der Waals surface area contributed by atoms with E-state index in [1.807, 2.05) is 6.92 Å². The van der Waals surface area contributed by atoms with Crippen LogP contribution in [0.3, 0.4) is 0 Å². The molecular formula is C11H17NO4S. The number of aryl methyl sites for hydroxylation is 2. The second kappa shape index (κ2) is 6.09. The van der Waals surface area contributed by atoms with Gasteiger partial charge in [-0.2, -0.15) is 0 Å². The summed E-state index contributed by atoms with van der Waals surface area (Å²) < 4.78 is 4.71. The number of carbonyl (C=O) groups excluding carboxylic acids is 1. The minimum Gasteiger partial charge on any atom is -0.466 e. The first-order valence-corrected chi connectivity index (χ1v) is 6.23. The molecule has 0 bridgehead atoms. The van der Waals surface area contributed by atoms with Gasteiger partial charge in [0.15, 0.2) is 0 Å². The number of thiazole rings is 1. The Morgan fingerprint density at radius 1 is 1.47 bits per heavy atom. The van der Waals surface area contributed by atoms with Gasteiger partial charge in [0.1, 0.15) is 6.10 Å². The molecule has 0 fully saturated rings. The van der Waals surface area contributed by atoms with Gasteiger partial charge in [0, 0.05) is 0 Å². The molecule has 0 amide bonds. The van der Waals surface area contributed by atoms with Gasteiger partial charge in [-0.1, -0.05) is 0 Å². The molecule has 0 spiro atoms. The van der Waals surface area contributed by atoms with Crippen molar-refractivity contribution in [3.8, 4) is 0 Å². The van der Waals surface area contributed by atoms with Crippen LogP contribution < -0.4 is 0 Å². The third-order valence-electron chi connectivity index (χ3n) is 2.25. The highest BCUT2D eigenvalue weighted by Crippen LogP contribution is 2.28. The molecule has 0 saturated carbocycles. The number of aliphatic hydroxyl groups excluding tert-OH is 2. The molecule has 17 heavy (non-hydrogen) atoms. The molecular weight excluding hydrogens is 242 g/mol. The second-order valence-electron chi connectivity index (χ2n) is 3.70. The molecule has 2 unspecified atom stereocenters. The number of nitrogens with zero attached hydrogens (tertiary/aromatic N) is 1. The summed E-state index contributed by atoms with van der Waals surface area (Å²) in [6.45, 7) is 5.54. The summed E-state index contributed by atoms with van der Waals surface area (Å²) in [6.07, 6.45) is -2.47. The standard InChI is InChI=1S/C11H17NO4S/c1-4-16-9(14)5-8(13)10(15)11-6(2)12-7(3)17-11/h8,10,13,15H,4-5H2,1-3H3. The molecule has 0 aliphatic heterocycles. The van der Waals surface area contributed by atoms with Crippen LogP contribution in [0.15, 0.2) is 0 Å². The van der Waals surface area contributed by atoms with Gasteiger partial charge >= 0.3 is 5.97 Å². The predicted octanol–water partition coefficient (Wildman–Crippen LogP) is 1.11. The molecule has 2 atom stereocenters. The van der Waals surface area contributed by atoms with Crippen LogP contribution in [-0.4, -0.2) is 33.9 Å². The van der Waals surface area contributed by atoms with E-state index in [1.165, 1.54) is 11.3 Å². The fourth-order valence-corrected chi connectivity index (χ4v) is 2.47. The van der Waals surface area contributed by atoms with Crippen molar-refractivity contribution in [3.63, 3.8) is 0 Å². The molecule has 0 radical (unpaired) electrons. The lowest BCUT2D eigenvalue weighted by Crippen LogP contribution is -2.23. The van der Waals surface area contributed by atoms with E-state index >= 15 is 0 Å². The van der Waals surface area contributed by atoms with E-state index in [9.17, 15) is 15.0 Å². The summed E-state index contributed by atoms with van der Waals surface area (Å²) in [7, 11) is 0. The monoisotopic (exact) mass is 259 g/mol. The van der Waals surface area contributed by atoms with E-state index in [-0.39, 0.29) is 13.0 Å². The van der Waals surface area contributed by atoms with E-state index in [4.69, 9.17) is 4.74 Å². The average Bonchev–Trinajstić information content (AvgIpc) is 2.56. The maximum Gasteiger partial charge on any atom is 0.308 e. The molecule has 0 saturated heterocycles. The van der Waals surface area contributed by atoms with E-state index in [1.54, 1.807) is 13.8 Å². The van der Waals surface area contributed by atoms with Crippen LogP contribution in [0.25, 0.3) is 0 Å². The van der Waals surface area contributed by atoms with Gasteiger partial charge in [-0.25, -0.2) is 4.98 Å². The van der Waals surface area contributed by atoms with Crippen molar-refractivity contribution in [3.05, 3.63) is 15.6 Å². The van der Waals surface area contributed by atoms with Crippen molar-refractivity contribution in [1.29, 1.82) is 0 Å². The third kappa shape index (κ3) is 3.76. The van der Waals surface area contributed by atoms with Gasteiger partial charge in [0.05, 0.1) is 34.7 Å². The van der Waals surface area contributed by atoms with E-state index in [0.29, 0.717) is 10.6 Å². The van der Waals surface area contributed by atoms with Crippen molar-refractivity contribution < 1.29 is 19.7 Å². The molecule has 0 aliphatic carbocycles. The molecule has 5 nitrogen and oxygen atoms in total. The van der Waals surface area contributed by atoms with Crippen LogP contribution in [-0.2, 0) is 9.53 Å². The molecule has 0 aliphatic rings. The molecule has 0 aromatic carbocycles.